The fourth-order valence-corrected chi connectivity index (χ4v) is 2.38. The van der Waals surface area contributed by atoms with Crippen molar-refractivity contribution < 1.29 is 4.79 Å². The van der Waals surface area contributed by atoms with Gasteiger partial charge in [-0.3, -0.25) is 4.79 Å². The van der Waals surface area contributed by atoms with Crippen LogP contribution in [-0.4, -0.2) is 5.91 Å². The van der Waals surface area contributed by atoms with E-state index in [-0.39, 0.29) is 5.91 Å². The van der Waals surface area contributed by atoms with Gasteiger partial charge in [0.15, 0.2) is 0 Å². The number of hydrogen-bond donors (Lipinski definition) is 1. The predicted molar refractivity (Wildman–Crippen MR) is 59.0 cm³/mol. The maximum absolute atomic E-state index is 10.6. The number of nitrogens with two attached hydrogens (primary N) is 1. The summed E-state index contributed by atoms with van der Waals surface area (Å²) in [6.07, 6.45) is 2.13. The quantitative estimate of drug-likeness (QED) is 0.817. The average molecular weight is 204 g/mol. The van der Waals surface area contributed by atoms with Gasteiger partial charge in [0.05, 0.1) is 6.42 Å². The highest BCUT2D eigenvalue weighted by Crippen LogP contribution is 2.26. The molecule has 2 aromatic rings. The normalized spacial score (nSPS) is 10.6. The number of fused-ring (bicyclic) bond motifs is 1. The van der Waals surface area contributed by atoms with Gasteiger partial charge >= 0.3 is 0 Å². The molecular weight excluding hydrogens is 194 g/mol. The zero-order valence-electron chi connectivity index (χ0n) is 7.57. The lowest BCUT2D eigenvalue weighted by Gasteiger charge is -1.95. The lowest BCUT2D eigenvalue weighted by Crippen LogP contribution is -2.11. The molecule has 2 nitrogen and oxygen atoms in total. The summed E-state index contributed by atoms with van der Waals surface area (Å²) in [5.41, 5.74) is 6.23. The molecule has 1 heterocycles. The van der Waals surface area contributed by atoms with Gasteiger partial charge in [0.1, 0.15) is 0 Å². The molecule has 1 amide bonds. The summed E-state index contributed by atoms with van der Waals surface area (Å²) in [5, 5.41) is 3.29. The fourth-order valence-electron chi connectivity index (χ4n) is 1.40. The van der Waals surface area contributed by atoms with Gasteiger partial charge in [-0.25, -0.2) is 0 Å². The van der Waals surface area contributed by atoms with Crippen LogP contribution >= 0.6 is 11.3 Å². The van der Waals surface area contributed by atoms with E-state index in [0.717, 1.165) is 0 Å². The molecule has 0 saturated carbocycles. The number of primary amides is 1. The highest BCUT2D eigenvalue weighted by molar-refractivity contribution is 7.17. The second-order valence-corrected chi connectivity index (χ2v) is 3.98. The van der Waals surface area contributed by atoms with Gasteiger partial charge in [-0.2, -0.15) is 0 Å². The Morgan fingerprint density at radius 2 is 2.21 bits per heavy atom. The molecule has 2 rings (SSSR count). The number of benzene rings is 1. The third kappa shape index (κ3) is 1.77. The Kier molecular flexibility index (Phi) is 2.50. The fraction of sp³-hybridized carbons (Fsp3) is 0.0909. The van der Waals surface area contributed by atoms with E-state index in [2.05, 4.69) is 17.5 Å². The van der Waals surface area contributed by atoms with Crippen molar-refractivity contribution in [2.45, 2.75) is 6.42 Å². The van der Waals surface area contributed by atoms with Gasteiger partial charge in [-0.15, -0.1) is 11.3 Å². The number of rotatable bonds is 3. The zero-order chi connectivity index (χ0) is 9.97. The van der Waals surface area contributed by atoms with Crippen molar-refractivity contribution in [1.82, 2.24) is 0 Å². The predicted octanol–water partition coefficient (Wildman–Crippen LogP) is 2.13. The number of carbonyl (C=O) groups excluding carboxylic acids is 1. The Balaban J connectivity index is 2.29. The molecule has 1 aromatic carbocycles. The van der Waals surface area contributed by atoms with Crippen LogP contribution in [0.1, 0.15) is 5.56 Å². The van der Waals surface area contributed by atoms with Crippen LogP contribution in [0.3, 0.4) is 0 Å². The second kappa shape index (κ2) is 3.80. The minimum absolute atomic E-state index is 0.361. The largest absolute Gasteiger partial charge is 0.369 e. The molecule has 2 N–H and O–H groups in total. The first-order valence-corrected chi connectivity index (χ1v) is 5.23. The molecule has 0 fully saturated rings. The summed E-state index contributed by atoms with van der Waals surface area (Å²) in [7, 11) is 0. The van der Waals surface area contributed by atoms with Crippen molar-refractivity contribution in [3.8, 4) is 0 Å². The highest BCUT2D eigenvalue weighted by Gasteiger charge is 2.04. The van der Waals surface area contributed by atoms with E-state index < -0.39 is 0 Å². The molecule has 71 valence electrons. The van der Waals surface area contributed by atoms with E-state index in [9.17, 15) is 4.79 Å². The van der Waals surface area contributed by atoms with E-state index in [1.54, 1.807) is 11.3 Å². The smallest absolute Gasteiger partial charge is 0.221 e. The molecule has 0 spiro atoms. The summed E-state index contributed by atoms with van der Waals surface area (Å²) in [6.45, 7) is 0. The number of hydrogen-bond acceptors (Lipinski definition) is 2. The van der Waals surface area contributed by atoms with Crippen molar-refractivity contribution in [2.24, 2.45) is 5.73 Å². The molecule has 0 saturated heterocycles. The van der Waals surface area contributed by atoms with Crippen molar-refractivity contribution in [1.29, 1.82) is 0 Å². The molecule has 0 atom stereocenters. The minimum atomic E-state index is -0.361. The minimum Gasteiger partial charge on any atom is -0.369 e. The van der Waals surface area contributed by atoms with E-state index in [1.807, 2.05) is 12.1 Å². The number of thiophene rings is 1. The molecule has 0 aliphatic heterocycles. The van der Waals surface area contributed by atoms with Crippen molar-refractivity contribution in [3.63, 3.8) is 0 Å². The van der Waals surface area contributed by atoms with Crippen LogP contribution in [0.4, 0.5) is 0 Å². The Hall–Kier alpha value is -1.35. The number of carbonyl (C=O) groups is 1. The molecule has 0 aliphatic rings. The van der Waals surface area contributed by atoms with Crippen LogP contribution in [-0.2, 0) is 11.2 Å². The standard InChI is InChI=1S/C11H10NOS/c12-11(13)6-5-8-7-14-10-4-2-1-3-9(8)10/h1-4,6-7H,5H2,(H2,12,13). The Morgan fingerprint density at radius 3 is 3.00 bits per heavy atom. The van der Waals surface area contributed by atoms with Gasteiger partial charge in [0, 0.05) is 4.70 Å². The van der Waals surface area contributed by atoms with E-state index in [4.69, 9.17) is 5.73 Å². The summed E-state index contributed by atoms with van der Waals surface area (Å²) in [6, 6.07) is 8.16. The zero-order valence-corrected chi connectivity index (χ0v) is 8.38. The first-order chi connectivity index (χ1) is 6.77. The average Bonchev–Trinajstić information content (AvgIpc) is 2.58. The molecule has 1 aromatic heterocycles. The van der Waals surface area contributed by atoms with Gasteiger partial charge in [0.2, 0.25) is 5.91 Å². The van der Waals surface area contributed by atoms with Crippen LogP contribution < -0.4 is 5.73 Å². The maximum atomic E-state index is 10.6. The lowest BCUT2D eigenvalue weighted by molar-refractivity contribution is -0.115. The van der Waals surface area contributed by atoms with E-state index in [0.29, 0.717) is 6.42 Å². The maximum Gasteiger partial charge on any atom is 0.221 e. The Bertz CT molecular complexity index is 461. The molecule has 14 heavy (non-hydrogen) atoms. The number of amides is 1. The monoisotopic (exact) mass is 204 g/mol. The van der Waals surface area contributed by atoms with Gasteiger partial charge in [0.25, 0.3) is 0 Å². The first kappa shape index (κ1) is 9.21. The van der Waals surface area contributed by atoms with E-state index in [1.165, 1.54) is 22.1 Å². The van der Waals surface area contributed by atoms with Crippen LogP contribution in [0.25, 0.3) is 10.1 Å². The molecule has 3 heteroatoms. The summed E-state index contributed by atoms with van der Waals surface area (Å²) >= 11 is 1.69. The molecule has 0 unspecified atom stereocenters. The molecule has 0 bridgehead atoms. The topological polar surface area (TPSA) is 43.1 Å². The van der Waals surface area contributed by atoms with Gasteiger partial charge < -0.3 is 5.73 Å². The van der Waals surface area contributed by atoms with Crippen molar-refractivity contribution >= 4 is 27.3 Å². The second-order valence-electron chi connectivity index (χ2n) is 3.07. The van der Waals surface area contributed by atoms with E-state index >= 15 is 0 Å². The van der Waals surface area contributed by atoms with Crippen LogP contribution in [0.2, 0.25) is 0 Å². The summed E-state index contributed by atoms with van der Waals surface area (Å²) < 4.78 is 1.25. The van der Waals surface area contributed by atoms with Crippen LogP contribution in [0, 0.1) is 6.42 Å². The van der Waals surface area contributed by atoms with Crippen LogP contribution in [0.15, 0.2) is 29.6 Å². The SMILES string of the molecule is NC(=O)[CH]Cc1csc2ccccc12. The van der Waals surface area contributed by atoms with Gasteiger partial charge in [-0.05, 0) is 28.8 Å². The van der Waals surface area contributed by atoms with Crippen molar-refractivity contribution in [3.05, 3.63) is 41.6 Å². The Morgan fingerprint density at radius 1 is 1.43 bits per heavy atom. The highest BCUT2D eigenvalue weighted by atomic mass is 32.1. The third-order valence-corrected chi connectivity index (χ3v) is 3.10. The summed E-state index contributed by atoms with van der Waals surface area (Å²) in [4.78, 5) is 10.6. The van der Waals surface area contributed by atoms with Gasteiger partial charge in [-0.1, -0.05) is 18.2 Å². The Labute approximate surface area is 86.3 Å². The molecular formula is C11H10NOS. The first-order valence-electron chi connectivity index (χ1n) is 4.35. The molecule has 1 radical (unpaired) electrons. The van der Waals surface area contributed by atoms with Crippen molar-refractivity contribution in [2.75, 3.05) is 0 Å². The summed E-state index contributed by atoms with van der Waals surface area (Å²) in [5.74, 6) is -0.361. The molecule has 0 aliphatic carbocycles. The van der Waals surface area contributed by atoms with Crippen LogP contribution in [0.5, 0.6) is 0 Å². The lowest BCUT2D eigenvalue weighted by atomic mass is 10.1. The third-order valence-electron chi connectivity index (χ3n) is 2.08.